The summed E-state index contributed by atoms with van der Waals surface area (Å²) in [4.78, 5) is 11.9. The van der Waals surface area contributed by atoms with Gasteiger partial charge in [0.05, 0.1) is 6.20 Å². The van der Waals surface area contributed by atoms with Crippen molar-refractivity contribution in [1.29, 1.82) is 0 Å². The molecule has 1 N–H and O–H groups in total. The minimum absolute atomic E-state index is 0.0245. The third-order valence-electron chi connectivity index (χ3n) is 2.54. The summed E-state index contributed by atoms with van der Waals surface area (Å²) in [5.41, 5.74) is 0.655. The minimum Gasteiger partial charge on any atom is -0.317 e. The Labute approximate surface area is 93.7 Å². The molecule has 2 aromatic heterocycles. The zero-order valence-corrected chi connectivity index (χ0v) is 9.39. The first-order chi connectivity index (χ1) is 7.83. The largest absolute Gasteiger partial charge is 0.317 e. The van der Waals surface area contributed by atoms with Crippen molar-refractivity contribution in [2.45, 2.75) is 19.9 Å². The van der Waals surface area contributed by atoms with Crippen LogP contribution >= 0.6 is 0 Å². The number of aromatic nitrogens is 3. The molecular weight excluding hydrogens is 204 g/mol. The molecule has 2 rings (SSSR count). The molecule has 0 saturated heterocycles. The molecule has 2 aromatic rings. The van der Waals surface area contributed by atoms with E-state index >= 15 is 0 Å². The van der Waals surface area contributed by atoms with Gasteiger partial charge in [-0.2, -0.15) is 5.10 Å². The van der Waals surface area contributed by atoms with Crippen LogP contribution in [0.15, 0.2) is 29.5 Å². The Bertz CT molecular complexity index is 514. The molecule has 0 aliphatic carbocycles. The predicted octanol–water partition coefficient (Wildman–Crippen LogP) is 0.496. The molecule has 0 unspecified atom stereocenters. The van der Waals surface area contributed by atoms with E-state index in [1.165, 1.54) is 0 Å². The van der Waals surface area contributed by atoms with Crippen LogP contribution in [0.5, 0.6) is 0 Å². The van der Waals surface area contributed by atoms with Gasteiger partial charge in [-0.05, 0) is 25.6 Å². The fourth-order valence-electron chi connectivity index (χ4n) is 1.69. The lowest BCUT2D eigenvalue weighted by Gasteiger charge is -2.06. The van der Waals surface area contributed by atoms with Gasteiger partial charge in [0.2, 0.25) is 0 Å². The molecule has 16 heavy (non-hydrogen) atoms. The third-order valence-corrected chi connectivity index (χ3v) is 2.54. The summed E-state index contributed by atoms with van der Waals surface area (Å²) >= 11 is 0. The van der Waals surface area contributed by atoms with Gasteiger partial charge in [0.25, 0.3) is 5.56 Å². The first-order valence-corrected chi connectivity index (χ1v) is 5.56. The molecule has 0 aliphatic heterocycles. The van der Waals surface area contributed by atoms with Gasteiger partial charge in [0.15, 0.2) is 0 Å². The topological polar surface area (TPSA) is 51.3 Å². The van der Waals surface area contributed by atoms with Crippen molar-refractivity contribution in [3.05, 3.63) is 35.0 Å². The summed E-state index contributed by atoms with van der Waals surface area (Å²) in [6.45, 7) is 4.72. The summed E-state index contributed by atoms with van der Waals surface area (Å²) in [6, 6.07) is 1.74. The van der Waals surface area contributed by atoms with Crippen LogP contribution in [0.4, 0.5) is 0 Å². The number of nitrogens with one attached hydrogen (secondary N) is 1. The van der Waals surface area contributed by atoms with Crippen LogP contribution in [0.3, 0.4) is 0 Å². The average molecular weight is 220 g/mol. The summed E-state index contributed by atoms with van der Waals surface area (Å²) < 4.78 is 3.33. The Morgan fingerprint density at radius 1 is 1.44 bits per heavy atom. The second-order valence-electron chi connectivity index (χ2n) is 3.66. The first kappa shape index (κ1) is 10.9. The Morgan fingerprint density at radius 2 is 2.31 bits per heavy atom. The zero-order valence-electron chi connectivity index (χ0n) is 9.39. The lowest BCUT2D eigenvalue weighted by Crippen LogP contribution is -2.23. The lowest BCUT2D eigenvalue weighted by atomic mass is 10.4. The summed E-state index contributed by atoms with van der Waals surface area (Å²) in [5, 5.41) is 7.26. The molecule has 0 saturated carbocycles. The number of fused-ring (bicyclic) bond motifs is 1. The van der Waals surface area contributed by atoms with E-state index in [0.717, 1.165) is 26.1 Å². The normalized spacial score (nSPS) is 11.1. The highest BCUT2D eigenvalue weighted by atomic mass is 16.1. The fraction of sp³-hybridized carbons (Fsp3) is 0.455. The number of hydrogen-bond donors (Lipinski definition) is 1. The molecule has 86 valence electrons. The highest BCUT2D eigenvalue weighted by Gasteiger charge is 2.02. The SMILES string of the molecule is CCNCCCn1ccn2nccc2c1=O. The van der Waals surface area contributed by atoms with Crippen LogP contribution in [0.25, 0.3) is 5.52 Å². The molecule has 0 spiro atoms. The predicted molar refractivity (Wildman–Crippen MR) is 62.6 cm³/mol. The maximum atomic E-state index is 11.9. The number of aryl methyl sites for hydroxylation is 1. The molecule has 0 fully saturated rings. The van der Waals surface area contributed by atoms with Gasteiger partial charge >= 0.3 is 0 Å². The summed E-state index contributed by atoms with van der Waals surface area (Å²) in [7, 11) is 0. The van der Waals surface area contributed by atoms with Crippen molar-refractivity contribution in [2.75, 3.05) is 13.1 Å². The van der Waals surface area contributed by atoms with Crippen molar-refractivity contribution < 1.29 is 0 Å². The van der Waals surface area contributed by atoms with Crippen LogP contribution in [0.2, 0.25) is 0 Å². The van der Waals surface area contributed by atoms with Gasteiger partial charge in [-0.1, -0.05) is 6.92 Å². The molecule has 2 heterocycles. The van der Waals surface area contributed by atoms with E-state index < -0.39 is 0 Å². The molecule has 5 nitrogen and oxygen atoms in total. The minimum atomic E-state index is 0.0245. The molecule has 0 amide bonds. The standard InChI is InChI=1S/C11H16N4O/c1-2-12-5-3-7-14-8-9-15-10(11(14)16)4-6-13-15/h4,6,8-9,12H,2-3,5,7H2,1H3. The van der Waals surface area contributed by atoms with Gasteiger partial charge < -0.3 is 9.88 Å². The highest BCUT2D eigenvalue weighted by Crippen LogP contribution is 1.95. The molecule has 5 heteroatoms. The number of rotatable bonds is 5. The maximum Gasteiger partial charge on any atom is 0.276 e. The van der Waals surface area contributed by atoms with Crippen LogP contribution in [-0.4, -0.2) is 27.3 Å². The van der Waals surface area contributed by atoms with Crippen LogP contribution in [0, 0.1) is 0 Å². The number of hydrogen-bond acceptors (Lipinski definition) is 3. The van der Waals surface area contributed by atoms with Crippen molar-refractivity contribution in [3.63, 3.8) is 0 Å². The van der Waals surface area contributed by atoms with Crippen LogP contribution in [-0.2, 0) is 6.54 Å². The van der Waals surface area contributed by atoms with Crippen molar-refractivity contribution in [1.82, 2.24) is 19.5 Å². The summed E-state index contributed by atoms with van der Waals surface area (Å²) in [5.74, 6) is 0. The molecule has 0 atom stereocenters. The fourth-order valence-corrected chi connectivity index (χ4v) is 1.69. The quantitative estimate of drug-likeness (QED) is 0.746. The van der Waals surface area contributed by atoms with Crippen molar-refractivity contribution in [3.8, 4) is 0 Å². The lowest BCUT2D eigenvalue weighted by molar-refractivity contribution is 0.578. The van der Waals surface area contributed by atoms with E-state index in [9.17, 15) is 4.79 Å². The second-order valence-corrected chi connectivity index (χ2v) is 3.66. The molecule has 0 radical (unpaired) electrons. The first-order valence-electron chi connectivity index (χ1n) is 5.56. The Morgan fingerprint density at radius 3 is 3.12 bits per heavy atom. The van der Waals surface area contributed by atoms with E-state index in [1.54, 1.807) is 27.5 Å². The van der Waals surface area contributed by atoms with E-state index in [4.69, 9.17) is 0 Å². The highest BCUT2D eigenvalue weighted by molar-refractivity contribution is 5.42. The maximum absolute atomic E-state index is 11.9. The van der Waals surface area contributed by atoms with E-state index in [0.29, 0.717) is 5.52 Å². The average Bonchev–Trinajstić information content (AvgIpc) is 2.76. The summed E-state index contributed by atoms with van der Waals surface area (Å²) in [6.07, 6.45) is 6.19. The molecular formula is C11H16N4O. The van der Waals surface area contributed by atoms with Crippen molar-refractivity contribution >= 4 is 5.52 Å². The Hall–Kier alpha value is -1.62. The van der Waals surface area contributed by atoms with Gasteiger partial charge in [-0.25, -0.2) is 4.52 Å². The Kier molecular flexibility index (Phi) is 3.36. The van der Waals surface area contributed by atoms with Crippen LogP contribution in [0.1, 0.15) is 13.3 Å². The smallest absolute Gasteiger partial charge is 0.276 e. The van der Waals surface area contributed by atoms with Gasteiger partial charge in [0, 0.05) is 18.9 Å². The van der Waals surface area contributed by atoms with E-state index in [1.807, 2.05) is 6.20 Å². The van der Waals surface area contributed by atoms with Gasteiger partial charge in [0.1, 0.15) is 5.52 Å². The molecule has 0 aliphatic rings. The van der Waals surface area contributed by atoms with Gasteiger partial charge in [-0.15, -0.1) is 0 Å². The third kappa shape index (κ3) is 2.14. The van der Waals surface area contributed by atoms with E-state index in [-0.39, 0.29) is 5.56 Å². The van der Waals surface area contributed by atoms with E-state index in [2.05, 4.69) is 17.3 Å². The number of nitrogens with zero attached hydrogens (tertiary/aromatic N) is 3. The Balaban J connectivity index is 2.12. The van der Waals surface area contributed by atoms with Gasteiger partial charge in [-0.3, -0.25) is 4.79 Å². The monoisotopic (exact) mass is 220 g/mol. The zero-order chi connectivity index (χ0) is 11.4. The van der Waals surface area contributed by atoms with Crippen LogP contribution < -0.4 is 10.9 Å². The molecule has 0 aromatic carbocycles. The molecule has 0 bridgehead atoms. The second kappa shape index (κ2) is 4.94. The van der Waals surface area contributed by atoms with Crippen molar-refractivity contribution in [2.24, 2.45) is 0 Å².